The van der Waals surface area contributed by atoms with Gasteiger partial charge in [0.2, 0.25) is 5.91 Å². The Morgan fingerprint density at radius 3 is 2.25 bits per heavy atom. The second-order valence-corrected chi connectivity index (χ2v) is 9.51. The molecular formula is C28H35N3O5. The summed E-state index contributed by atoms with van der Waals surface area (Å²) in [6, 6.07) is 10.2. The normalized spacial score (nSPS) is 12.6. The van der Waals surface area contributed by atoms with Gasteiger partial charge >= 0.3 is 6.09 Å². The minimum absolute atomic E-state index is 0.164. The largest absolute Gasteiger partial charge is 0.444 e. The maximum absolute atomic E-state index is 13.8. The number of nitrogens with one attached hydrogen (secondary N) is 2. The van der Waals surface area contributed by atoms with E-state index in [1.807, 2.05) is 32.0 Å². The first-order valence-corrected chi connectivity index (χ1v) is 11.7. The smallest absolute Gasteiger partial charge is 0.408 e. The molecule has 0 radical (unpaired) electrons. The lowest BCUT2D eigenvalue weighted by molar-refractivity contribution is -0.141. The summed E-state index contributed by atoms with van der Waals surface area (Å²) in [5.41, 5.74) is 2.44. The lowest BCUT2D eigenvalue weighted by Gasteiger charge is -2.34. The molecule has 0 aliphatic heterocycles. The molecule has 36 heavy (non-hydrogen) atoms. The van der Waals surface area contributed by atoms with Crippen LogP contribution in [0.15, 0.2) is 42.5 Å². The van der Waals surface area contributed by atoms with E-state index in [-0.39, 0.29) is 6.54 Å². The van der Waals surface area contributed by atoms with Gasteiger partial charge in [0.05, 0.1) is 6.61 Å². The van der Waals surface area contributed by atoms with E-state index in [0.717, 1.165) is 11.1 Å². The second-order valence-electron chi connectivity index (χ2n) is 9.51. The first-order valence-electron chi connectivity index (χ1n) is 11.7. The number of aryl methyl sites for hydroxylation is 2. The Labute approximate surface area is 213 Å². The van der Waals surface area contributed by atoms with Crippen LogP contribution < -0.4 is 10.6 Å². The molecule has 2 rings (SSSR count). The van der Waals surface area contributed by atoms with Crippen molar-refractivity contribution in [2.45, 2.75) is 59.2 Å². The van der Waals surface area contributed by atoms with Crippen LogP contribution in [0.3, 0.4) is 0 Å². The van der Waals surface area contributed by atoms with Crippen molar-refractivity contribution in [3.8, 4) is 12.3 Å². The molecule has 3 N–H and O–H groups in total. The van der Waals surface area contributed by atoms with Crippen LogP contribution in [0.5, 0.6) is 0 Å². The maximum Gasteiger partial charge on any atom is 0.408 e. The number of alkyl carbamates (subject to hydrolysis) is 1. The van der Waals surface area contributed by atoms with Crippen LogP contribution >= 0.6 is 0 Å². The number of hydrogen-bond acceptors (Lipinski definition) is 5. The molecule has 0 saturated carbocycles. The molecule has 8 heteroatoms. The van der Waals surface area contributed by atoms with Crippen molar-refractivity contribution in [3.05, 3.63) is 64.7 Å². The molecule has 0 fully saturated rings. The quantitative estimate of drug-likeness (QED) is 0.486. The molecule has 2 aromatic carbocycles. The highest BCUT2D eigenvalue weighted by Crippen LogP contribution is 2.28. The van der Waals surface area contributed by atoms with Crippen molar-refractivity contribution in [1.82, 2.24) is 10.2 Å². The predicted octanol–water partition coefficient (Wildman–Crippen LogP) is 3.70. The number of hydrogen-bond donors (Lipinski definition) is 3. The fourth-order valence-corrected chi connectivity index (χ4v) is 3.79. The van der Waals surface area contributed by atoms with E-state index in [0.29, 0.717) is 16.8 Å². The minimum atomic E-state index is -1.17. The van der Waals surface area contributed by atoms with Crippen LogP contribution in [0.4, 0.5) is 10.5 Å². The molecular weight excluding hydrogens is 458 g/mol. The molecule has 0 spiro atoms. The third-order valence-electron chi connectivity index (χ3n) is 5.43. The average Bonchev–Trinajstić information content (AvgIpc) is 2.79. The number of aliphatic hydroxyl groups is 1. The number of carbonyl (C=O) groups is 3. The fourth-order valence-electron chi connectivity index (χ4n) is 3.79. The van der Waals surface area contributed by atoms with Crippen molar-refractivity contribution in [3.63, 3.8) is 0 Å². The van der Waals surface area contributed by atoms with Crippen LogP contribution in [0.25, 0.3) is 0 Å². The Hall–Kier alpha value is -3.83. The molecule has 0 aliphatic carbocycles. The monoisotopic (exact) mass is 493 g/mol. The van der Waals surface area contributed by atoms with Gasteiger partial charge in [0.25, 0.3) is 5.91 Å². The summed E-state index contributed by atoms with van der Waals surface area (Å²) < 4.78 is 5.26. The molecule has 0 saturated heterocycles. The zero-order chi connectivity index (χ0) is 27.0. The highest BCUT2D eigenvalue weighted by atomic mass is 16.6. The van der Waals surface area contributed by atoms with Gasteiger partial charge in [0.15, 0.2) is 0 Å². The minimum Gasteiger partial charge on any atom is -0.444 e. The van der Waals surface area contributed by atoms with E-state index >= 15 is 0 Å². The van der Waals surface area contributed by atoms with Gasteiger partial charge in [-0.25, -0.2) is 4.79 Å². The molecule has 0 bridgehead atoms. The van der Waals surface area contributed by atoms with Gasteiger partial charge in [-0.3, -0.25) is 9.59 Å². The van der Waals surface area contributed by atoms with Crippen LogP contribution in [0.2, 0.25) is 0 Å². The second kappa shape index (κ2) is 12.2. The molecule has 8 nitrogen and oxygen atoms in total. The number of terminal acetylenes is 1. The highest BCUT2D eigenvalue weighted by molar-refractivity contribution is 6.00. The fraction of sp³-hybridized carbons (Fsp3) is 0.393. The lowest BCUT2D eigenvalue weighted by Crippen LogP contribution is -2.52. The third kappa shape index (κ3) is 7.33. The van der Waals surface area contributed by atoms with E-state index < -0.39 is 42.2 Å². The Bertz CT molecular complexity index is 1130. The Kier molecular flexibility index (Phi) is 9.65. The first kappa shape index (κ1) is 28.4. The summed E-state index contributed by atoms with van der Waals surface area (Å²) in [6.07, 6.45) is 4.95. The van der Waals surface area contributed by atoms with Crippen molar-refractivity contribution >= 4 is 23.6 Å². The van der Waals surface area contributed by atoms with E-state index in [2.05, 4.69) is 16.6 Å². The molecule has 192 valence electrons. The SMILES string of the molecule is C#Cc1ccccc1C(C(=O)Nc1c(C)cccc1C)N(CCO)C(=O)C(C)NC(=O)OC(C)(C)C. The average molecular weight is 494 g/mol. The molecule has 2 atom stereocenters. The number of aliphatic hydroxyl groups excluding tert-OH is 1. The predicted molar refractivity (Wildman–Crippen MR) is 139 cm³/mol. The number of ether oxygens (including phenoxy) is 1. The number of para-hydroxylation sites is 1. The zero-order valence-electron chi connectivity index (χ0n) is 21.7. The number of carbonyl (C=O) groups excluding carboxylic acids is 3. The molecule has 0 aliphatic rings. The van der Waals surface area contributed by atoms with Gasteiger partial charge in [-0.05, 0) is 64.3 Å². The molecule has 0 heterocycles. The summed E-state index contributed by atoms with van der Waals surface area (Å²) in [7, 11) is 0. The Morgan fingerprint density at radius 1 is 1.08 bits per heavy atom. The summed E-state index contributed by atoms with van der Waals surface area (Å²) in [5, 5.41) is 15.3. The van der Waals surface area contributed by atoms with E-state index in [1.54, 1.807) is 45.0 Å². The van der Waals surface area contributed by atoms with Gasteiger partial charge in [-0.1, -0.05) is 42.3 Å². The number of amides is 3. The zero-order valence-corrected chi connectivity index (χ0v) is 21.7. The van der Waals surface area contributed by atoms with Gasteiger partial charge in [-0.15, -0.1) is 6.42 Å². The maximum atomic E-state index is 13.8. The number of nitrogens with zero attached hydrogens (tertiary/aromatic N) is 1. The molecule has 0 aromatic heterocycles. The Morgan fingerprint density at radius 2 is 1.69 bits per heavy atom. The number of anilines is 1. The van der Waals surface area contributed by atoms with Gasteiger partial charge in [-0.2, -0.15) is 0 Å². The first-order chi connectivity index (χ1) is 16.9. The summed E-state index contributed by atoms with van der Waals surface area (Å²) in [6.45, 7) is 9.79. The number of rotatable bonds is 8. The van der Waals surface area contributed by atoms with Crippen molar-refractivity contribution in [2.75, 3.05) is 18.5 Å². The van der Waals surface area contributed by atoms with Crippen LogP contribution in [-0.2, 0) is 14.3 Å². The van der Waals surface area contributed by atoms with Gasteiger partial charge in [0, 0.05) is 17.8 Å². The van der Waals surface area contributed by atoms with Gasteiger partial charge < -0.3 is 25.4 Å². The van der Waals surface area contributed by atoms with Crippen molar-refractivity contribution in [2.24, 2.45) is 0 Å². The van der Waals surface area contributed by atoms with Crippen molar-refractivity contribution < 1.29 is 24.2 Å². The van der Waals surface area contributed by atoms with Crippen LogP contribution in [0, 0.1) is 26.2 Å². The standard InChI is InChI=1S/C28H35N3O5/c1-8-21-14-9-10-15-22(21)24(25(33)30-23-18(2)12-11-13-19(23)3)31(16-17-32)26(34)20(4)29-27(35)36-28(5,6)7/h1,9-15,20,24,32H,16-17H2,2-7H3,(H,29,35)(H,30,33). The number of benzene rings is 2. The summed E-state index contributed by atoms with van der Waals surface area (Å²) in [4.78, 5) is 40.8. The molecule has 2 unspecified atom stereocenters. The lowest BCUT2D eigenvalue weighted by atomic mass is 9.97. The molecule has 3 amide bonds. The van der Waals surface area contributed by atoms with Gasteiger partial charge in [0.1, 0.15) is 17.7 Å². The third-order valence-corrected chi connectivity index (χ3v) is 5.43. The molecule has 2 aromatic rings. The van der Waals surface area contributed by atoms with Crippen LogP contribution in [0.1, 0.15) is 56.0 Å². The highest BCUT2D eigenvalue weighted by Gasteiger charge is 2.35. The Balaban J connectivity index is 2.50. The van der Waals surface area contributed by atoms with E-state index in [9.17, 15) is 19.5 Å². The van der Waals surface area contributed by atoms with Crippen molar-refractivity contribution in [1.29, 1.82) is 0 Å². The van der Waals surface area contributed by atoms with E-state index in [4.69, 9.17) is 11.2 Å². The topological polar surface area (TPSA) is 108 Å². The van der Waals surface area contributed by atoms with Crippen LogP contribution in [-0.4, -0.2) is 52.7 Å². The van der Waals surface area contributed by atoms with E-state index in [1.165, 1.54) is 11.8 Å². The summed E-state index contributed by atoms with van der Waals surface area (Å²) in [5.74, 6) is 1.49. The summed E-state index contributed by atoms with van der Waals surface area (Å²) >= 11 is 0.